The topological polar surface area (TPSA) is 35.2 Å². The van der Waals surface area contributed by atoms with Crippen LogP contribution in [0.1, 0.15) is 17.7 Å². The lowest BCUT2D eigenvalue weighted by Crippen LogP contribution is -2.22. The van der Waals surface area contributed by atoms with Crippen LogP contribution in [0.3, 0.4) is 0 Å². The van der Waals surface area contributed by atoms with Crippen LogP contribution in [0.15, 0.2) is 57.9 Å². The Hall–Kier alpha value is -0.970. The van der Waals surface area contributed by atoms with Gasteiger partial charge in [-0.3, -0.25) is 0 Å². The molecule has 0 fully saturated rings. The van der Waals surface area contributed by atoms with Crippen LogP contribution in [-0.2, 0) is 0 Å². The van der Waals surface area contributed by atoms with E-state index in [2.05, 4.69) is 40.2 Å². The molecule has 2 aromatic rings. The number of hydrogen-bond donors (Lipinski definition) is 1. The average Bonchev–Trinajstić information content (AvgIpc) is 2.44. The van der Waals surface area contributed by atoms with Gasteiger partial charge < -0.3 is 10.5 Å². The standard InChI is InChI=1S/C16H18BrNOS/c1-11(18)16(12-5-3-7-14(9-12)19-2)20-15-8-4-6-13(17)10-15/h3-11,16H,18H2,1-2H3. The molecule has 0 heterocycles. The molecule has 0 aliphatic rings. The molecule has 0 aromatic heterocycles. The summed E-state index contributed by atoms with van der Waals surface area (Å²) in [6, 6.07) is 16.4. The molecule has 0 saturated carbocycles. The predicted molar refractivity (Wildman–Crippen MR) is 89.4 cm³/mol. The Morgan fingerprint density at radius 3 is 2.55 bits per heavy atom. The number of nitrogens with two attached hydrogens (primary N) is 1. The zero-order valence-electron chi connectivity index (χ0n) is 11.5. The van der Waals surface area contributed by atoms with Gasteiger partial charge >= 0.3 is 0 Å². The summed E-state index contributed by atoms with van der Waals surface area (Å²) < 4.78 is 6.38. The van der Waals surface area contributed by atoms with Crippen LogP contribution >= 0.6 is 27.7 Å². The van der Waals surface area contributed by atoms with Crippen LogP contribution < -0.4 is 10.5 Å². The summed E-state index contributed by atoms with van der Waals surface area (Å²) in [5, 5.41) is 0.194. The molecule has 2 aromatic carbocycles. The van der Waals surface area contributed by atoms with E-state index in [1.807, 2.05) is 31.2 Å². The minimum atomic E-state index is 0.0473. The Labute approximate surface area is 132 Å². The summed E-state index contributed by atoms with van der Waals surface area (Å²) in [6.07, 6.45) is 0. The van der Waals surface area contributed by atoms with E-state index in [0.29, 0.717) is 0 Å². The van der Waals surface area contributed by atoms with Crippen molar-refractivity contribution in [2.45, 2.75) is 23.1 Å². The molecule has 106 valence electrons. The van der Waals surface area contributed by atoms with Gasteiger partial charge in [0.05, 0.1) is 7.11 Å². The molecular formula is C16H18BrNOS. The molecule has 2 N–H and O–H groups in total. The van der Waals surface area contributed by atoms with Crippen molar-refractivity contribution in [3.63, 3.8) is 0 Å². The number of thioether (sulfide) groups is 1. The minimum absolute atomic E-state index is 0.0473. The quantitative estimate of drug-likeness (QED) is 0.797. The fourth-order valence-electron chi connectivity index (χ4n) is 1.98. The molecule has 2 unspecified atom stereocenters. The fraction of sp³-hybridized carbons (Fsp3) is 0.250. The van der Waals surface area contributed by atoms with Gasteiger partial charge in [0.25, 0.3) is 0 Å². The first kappa shape index (κ1) is 15.4. The third-order valence-electron chi connectivity index (χ3n) is 2.96. The first-order valence-corrected chi connectivity index (χ1v) is 8.09. The van der Waals surface area contributed by atoms with Crippen molar-refractivity contribution in [2.24, 2.45) is 5.73 Å². The summed E-state index contributed by atoms with van der Waals surface area (Å²) >= 11 is 5.28. The fourth-order valence-corrected chi connectivity index (χ4v) is 3.68. The maximum Gasteiger partial charge on any atom is 0.119 e. The number of benzene rings is 2. The first-order chi connectivity index (χ1) is 9.60. The maximum atomic E-state index is 6.17. The molecule has 20 heavy (non-hydrogen) atoms. The Morgan fingerprint density at radius 2 is 1.90 bits per heavy atom. The normalized spacial score (nSPS) is 13.8. The van der Waals surface area contributed by atoms with E-state index in [9.17, 15) is 0 Å². The maximum absolute atomic E-state index is 6.17. The predicted octanol–water partition coefficient (Wildman–Crippen LogP) is 4.64. The van der Waals surface area contributed by atoms with E-state index in [1.165, 1.54) is 10.5 Å². The number of hydrogen-bond acceptors (Lipinski definition) is 3. The molecular weight excluding hydrogens is 334 g/mol. The van der Waals surface area contributed by atoms with Crippen molar-refractivity contribution in [3.05, 3.63) is 58.6 Å². The van der Waals surface area contributed by atoms with Crippen LogP contribution in [0.4, 0.5) is 0 Å². The summed E-state index contributed by atoms with van der Waals surface area (Å²) in [4.78, 5) is 1.20. The second-order valence-corrected chi connectivity index (χ2v) is 6.76. The molecule has 0 saturated heterocycles. The summed E-state index contributed by atoms with van der Waals surface area (Å²) in [5.41, 5.74) is 7.36. The highest BCUT2D eigenvalue weighted by Crippen LogP contribution is 2.38. The first-order valence-electron chi connectivity index (χ1n) is 6.42. The van der Waals surface area contributed by atoms with Crippen molar-refractivity contribution in [3.8, 4) is 5.75 Å². The second kappa shape index (κ2) is 7.16. The van der Waals surface area contributed by atoms with Gasteiger partial charge in [-0.1, -0.05) is 34.1 Å². The second-order valence-electron chi connectivity index (χ2n) is 4.63. The van der Waals surface area contributed by atoms with Crippen LogP contribution in [0.5, 0.6) is 5.75 Å². The van der Waals surface area contributed by atoms with Crippen molar-refractivity contribution >= 4 is 27.7 Å². The number of halogens is 1. The Balaban J connectivity index is 2.27. The number of ether oxygens (including phenoxy) is 1. The molecule has 2 rings (SSSR count). The van der Waals surface area contributed by atoms with Crippen molar-refractivity contribution in [2.75, 3.05) is 7.11 Å². The Kier molecular flexibility index (Phi) is 5.52. The molecule has 0 aliphatic heterocycles. The highest BCUT2D eigenvalue weighted by atomic mass is 79.9. The van der Waals surface area contributed by atoms with Gasteiger partial charge in [-0.05, 0) is 42.8 Å². The van der Waals surface area contributed by atoms with Gasteiger partial charge in [0, 0.05) is 20.7 Å². The van der Waals surface area contributed by atoms with E-state index in [1.54, 1.807) is 18.9 Å². The van der Waals surface area contributed by atoms with Crippen molar-refractivity contribution in [1.29, 1.82) is 0 Å². The smallest absolute Gasteiger partial charge is 0.119 e. The number of methoxy groups -OCH3 is 1. The van der Waals surface area contributed by atoms with Gasteiger partial charge in [-0.25, -0.2) is 0 Å². The van der Waals surface area contributed by atoms with Crippen LogP contribution in [-0.4, -0.2) is 13.2 Å². The summed E-state index contributed by atoms with van der Waals surface area (Å²) in [5.74, 6) is 0.864. The van der Waals surface area contributed by atoms with Crippen LogP contribution in [0, 0.1) is 0 Å². The third kappa shape index (κ3) is 4.01. The van der Waals surface area contributed by atoms with Crippen LogP contribution in [0.25, 0.3) is 0 Å². The molecule has 2 nitrogen and oxygen atoms in total. The molecule has 0 amide bonds. The van der Waals surface area contributed by atoms with Gasteiger partial charge in [0.1, 0.15) is 5.75 Å². The summed E-state index contributed by atoms with van der Waals surface area (Å²) in [6.45, 7) is 2.04. The van der Waals surface area contributed by atoms with Crippen molar-refractivity contribution < 1.29 is 4.74 Å². The monoisotopic (exact) mass is 351 g/mol. The molecule has 0 spiro atoms. The van der Waals surface area contributed by atoms with Gasteiger partial charge in [0.2, 0.25) is 0 Å². The molecule has 4 heteroatoms. The van der Waals surface area contributed by atoms with E-state index < -0.39 is 0 Å². The van der Waals surface area contributed by atoms with E-state index in [-0.39, 0.29) is 11.3 Å². The van der Waals surface area contributed by atoms with E-state index in [4.69, 9.17) is 10.5 Å². The van der Waals surface area contributed by atoms with E-state index in [0.717, 1.165) is 10.2 Å². The largest absolute Gasteiger partial charge is 0.497 e. The van der Waals surface area contributed by atoms with Gasteiger partial charge in [0.15, 0.2) is 0 Å². The minimum Gasteiger partial charge on any atom is -0.497 e. The van der Waals surface area contributed by atoms with Gasteiger partial charge in [-0.15, -0.1) is 11.8 Å². The molecule has 0 aliphatic carbocycles. The lowest BCUT2D eigenvalue weighted by Gasteiger charge is -2.21. The average molecular weight is 352 g/mol. The molecule has 0 bridgehead atoms. The Morgan fingerprint density at radius 1 is 1.15 bits per heavy atom. The van der Waals surface area contributed by atoms with Crippen LogP contribution in [0.2, 0.25) is 0 Å². The van der Waals surface area contributed by atoms with Crippen molar-refractivity contribution in [1.82, 2.24) is 0 Å². The zero-order chi connectivity index (χ0) is 14.5. The SMILES string of the molecule is COc1cccc(C(Sc2cccc(Br)c2)C(C)N)c1. The number of rotatable bonds is 5. The highest BCUT2D eigenvalue weighted by Gasteiger charge is 2.18. The van der Waals surface area contributed by atoms with E-state index >= 15 is 0 Å². The van der Waals surface area contributed by atoms with Gasteiger partial charge in [-0.2, -0.15) is 0 Å². The highest BCUT2D eigenvalue weighted by molar-refractivity contribution is 9.10. The lowest BCUT2D eigenvalue weighted by molar-refractivity contribution is 0.414. The molecule has 2 atom stereocenters. The summed E-state index contributed by atoms with van der Waals surface area (Å²) in [7, 11) is 1.68. The zero-order valence-corrected chi connectivity index (χ0v) is 13.9. The lowest BCUT2D eigenvalue weighted by atomic mass is 10.1. The Bertz CT molecular complexity index is 574. The molecule has 0 radical (unpaired) electrons. The third-order valence-corrected chi connectivity index (χ3v) is 4.93.